The van der Waals surface area contributed by atoms with Gasteiger partial charge >= 0.3 is 6.36 Å². The summed E-state index contributed by atoms with van der Waals surface area (Å²) >= 11 is 0. The summed E-state index contributed by atoms with van der Waals surface area (Å²) in [7, 11) is 0. The zero-order chi connectivity index (χ0) is 17.4. The van der Waals surface area contributed by atoms with Crippen LogP contribution in [0.25, 0.3) is 0 Å². The fourth-order valence-corrected chi connectivity index (χ4v) is 2.77. The van der Waals surface area contributed by atoms with Gasteiger partial charge in [-0.1, -0.05) is 12.8 Å². The van der Waals surface area contributed by atoms with E-state index in [4.69, 9.17) is 0 Å². The molecule has 1 N–H and O–H groups in total. The molecule has 0 bridgehead atoms. The minimum absolute atomic E-state index is 0.288. The fourth-order valence-electron chi connectivity index (χ4n) is 2.77. The Balaban J connectivity index is 1.70. The molecule has 0 atom stereocenters. The van der Waals surface area contributed by atoms with E-state index < -0.39 is 6.36 Å². The van der Waals surface area contributed by atoms with E-state index in [1.165, 1.54) is 37.8 Å². The van der Waals surface area contributed by atoms with Crippen molar-refractivity contribution in [1.29, 1.82) is 0 Å². The van der Waals surface area contributed by atoms with Gasteiger partial charge in [-0.15, -0.1) is 13.2 Å². The van der Waals surface area contributed by atoms with Gasteiger partial charge in [0, 0.05) is 12.1 Å². The van der Waals surface area contributed by atoms with Crippen molar-refractivity contribution < 1.29 is 22.7 Å². The molecule has 7 heteroatoms. The first kappa shape index (κ1) is 18.6. The molecule has 0 aliphatic carbocycles. The maximum absolute atomic E-state index is 12.1. The Hall–Kier alpha value is -1.76. The van der Waals surface area contributed by atoms with Gasteiger partial charge in [-0.3, -0.25) is 4.79 Å². The summed E-state index contributed by atoms with van der Waals surface area (Å²) in [6.45, 7) is 3.75. The molecule has 1 aromatic carbocycles. The van der Waals surface area contributed by atoms with Crippen molar-refractivity contribution in [1.82, 2.24) is 10.2 Å². The fraction of sp³-hybridized carbons (Fsp3) is 0.588. The average Bonchev–Trinajstić information content (AvgIpc) is 2.79. The van der Waals surface area contributed by atoms with Gasteiger partial charge in [0.15, 0.2) is 0 Å². The summed E-state index contributed by atoms with van der Waals surface area (Å²) in [6, 6.07) is 4.93. The molecular formula is C17H23F3N2O2. The monoisotopic (exact) mass is 344 g/mol. The predicted molar refractivity (Wildman–Crippen MR) is 85.0 cm³/mol. The number of nitrogens with zero attached hydrogens (tertiary/aromatic N) is 1. The maximum atomic E-state index is 12.1. The number of carbonyl (C=O) groups is 1. The standard InChI is InChI=1S/C17H23F3N2O2/c18-17(19,20)24-15-8-6-14(7-9-15)16(23)21-10-5-13-22-11-3-1-2-4-12-22/h6-9H,1-5,10-13H2,(H,21,23). The highest BCUT2D eigenvalue weighted by Crippen LogP contribution is 2.22. The third-order valence-corrected chi connectivity index (χ3v) is 3.99. The summed E-state index contributed by atoms with van der Waals surface area (Å²) in [4.78, 5) is 14.4. The Morgan fingerprint density at radius 1 is 1.08 bits per heavy atom. The number of benzene rings is 1. The number of likely N-dealkylation sites (tertiary alicyclic amines) is 1. The van der Waals surface area contributed by atoms with E-state index in [1.54, 1.807) is 0 Å². The summed E-state index contributed by atoms with van der Waals surface area (Å²) < 4.78 is 40.0. The molecule has 1 heterocycles. The molecule has 2 rings (SSSR count). The minimum atomic E-state index is -4.73. The van der Waals surface area contributed by atoms with E-state index in [1.807, 2.05) is 0 Å². The second kappa shape index (κ2) is 8.92. The molecule has 1 aliphatic heterocycles. The highest BCUT2D eigenvalue weighted by Gasteiger charge is 2.31. The number of halogens is 3. The molecule has 1 aromatic rings. The van der Waals surface area contributed by atoms with Gasteiger partial charge in [0.25, 0.3) is 5.91 Å². The van der Waals surface area contributed by atoms with Crippen LogP contribution in [0.2, 0.25) is 0 Å². The summed E-state index contributed by atoms with van der Waals surface area (Å²) in [5.41, 5.74) is 0.319. The molecule has 1 amide bonds. The number of amides is 1. The molecule has 1 aliphatic rings. The lowest BCUT2D eigenvalue weighted by Gasteiger charge is -2.19. The predicted octanol–water partition coefficient (Wildman–Crippen LogP) is 3.58. The van der Waals surface area contributed by atoms with Gasteiger partial charge in [-0.05, 0) is 63.2 Å². The van der Waals surface area contributed by atoms with Crippen LogP contribution in [0.3, 0.4) is 0 Å². The third-order valence-electron chi connectivity index (χ3n) is 3.99. The first-order chi connectivity index (χ1) is 11.4. The van der Waals surface area contributed by atoms with Crippen molar-refractivity contribution in [2.24, 2.45) is 0 Å². The Kier molecular flexibility index (Phi) is 6.90. The van der Waals surface area contributed by atoms with E-state index in [0.717, 1.165) is 38.2 Å². The van der Waals surface area contributed by atoms with Crippen molar-refractivity contribution in [2.45, 2.75) is 38.5 Å². The van der Waals surface area contributed by atoms with Crippen LogP contribution in [0.1, 0.15) is 42.5 Å². The second-order valence-electron chi connectivity index (χ2n) is 5.94. The number of rotatable bonds is 6. The van der Waals surface area contributed by atoms with Gasteiger partial charge in [0.2, 0.25) is 0 Å². The zero-order valence-corrected chi connectivity index (χ0v) is 13.6. The van der Waals surface area contributed by atoms with Crippen LogP contribution in [0.15, 0.2) is 24.3 Å². The Bertz CT molecular complexity index is 510. The molecule has 1 saturated heterocycles. The van der Waals surface area contributed by atoms with E-state index >= 15 is 0 Å². The molecule has 0 spiro atoms. The number of hydrogen-bond donors (Lipinski definition) is 1. The molecule has 134 valence electrons. The summed E-state index contributed by atoms with van der Waals surface area (Å²) in [6.07, 6.45) is 1.19. The number of ether oxygens (including phenoxy) is 1. The van der Waals surface area contributed by atoms with E-state index in [9.17, 15) is 18.0 Å². The molecule has 0 saturated carbocycles. The van der Waals surface area contributed by atoms with Crippen LogP contribution in [0.4, 0.5) is 13.2 Å². The molecule has 4 nitrogen and oxygen atoms in total. The lowest BCUT2D eigenvalue weighted by molar-refractivity contribution is -0.274. The lowest BCUT2D eigenvalue weighted by Crippen LogP contribution is -2.30. The lowest BCUT2D eigenvalue weighted by atomic mass is 10.2. The third kappa shape index (κ3) is 6.78. The van der Waals surface area contributed by atoms with E-state index in [0.29, 0.717) is 12.1 Å². The Morgan fingerprint density at radius 3 is 2.29 bits per heavy atom. The van der Waals surface area contributed by atoms with Crippen molar-refractivity contribution in [3.05, 3.63) is 29.8 Å². The summed E-state index contributed by atoms with van der Waals surface area (Å²) in [5, 5.41) is 2.79. The maximum Gasteiger partial charge on any atom is 0.573 e. The molecule has 24 heavy (non-hydrogen) atoms. The van der Waals surface area contributed by atoms with E-state index in [2.05, 4.69) is 15.0 Å². The highest BCUT2D eigenvalue weighted by molar-refractivity contribution is 5.94. The second-order valence-corrected chi connectivity index (χ2v) is 5.94. The van der Waals surface area contributed by atoms with Gasteiger partial charge in [-0.2, -0.15) is 0 Å². The smallest absolute Gasteiger partial charge is 0.406 e. The topological polar surface area (TPSA) is 41.6 Å². The zero-order valence-electron chi connectivity index (χ0n) is 13.6. The summed E-state index contributed by atoms with van der Waals surface area (Å²) in [5.74, 6) is -0.621. The van der Waals surface area contributed by atoms with Crippen LogP contribution >= 0.6 is 0 Å². The molecule has 0 radical (unpaired) electrons. The van der Waals surface area contributed by atoms with Gasteiger partial charge in [-0.25, -0.2) is 0 Å². The van der Waals surface area contributed by atoms with E-state index in [-0.39, 0.29) is 11.7 Å². The first-order valence-corrected chi connectivity index (χ1v) is 8.30. The van der Waals surface area contributed by atoms with Crippen LogP contribution in [-0.4, -0.2) is 43.3 Å². The van der Waals surface area contributed by atoms with Crippen LogP contribution in [0, 0.1) is 0 Å². The molecule has 0 aromatic heterocycles. The number of nitrogens with one attached hydrogen (secondary N) is 1. The quantitative estimate of drug-likeness (QED) is 0.802. The van der Waals surface area contributed by atoms with Crippen LogP contribution in [0.5, 0.6) is 5.75 Å². The van der Waals surface area contributed by atoms with Gasteiger partial charge in [0.05, 0.1) is 0 Å². The van der Waals surface area contributed by atoms with Crippen molar-refractivity contribution in [3.8, 4) is 5.75 Å². The minimum Gasteiger partial charge on any atom is -0.406 e. The van der Waals surface area contributed by atoms with Gasteiger partial charge in [0.1, 0.15) is 5.75 Å². The highest BCUT2D eigenvalue weighted by atomic mass is 19.4. The van der Waals surface area contributed by atoms with Crippen LogP contribution < -0.4 is 10.1 Å². The van der Waals surface area contributed by atoms with Crippen LogP contribution in [-0.2, 0) is 0 Å². The number of carbonyl (C=O) groups excluding carboxylic acids is 1. The van der Waals surface area contributed by atoms with Crippen molar-refractivity contribution in [2.75, 3.05) is 26.2 Å². The first-order valence-electron chi connectivity index (χ1n) is 8.30. The van der Waals surface area contributed by atoms with Crippen molar-refractivity contribution >= 4 is 5.91 Å². The van der Waals surface area contributed by atoms with Gasteiger partial charge < -0.3 is 15.0 Å². The number of hydrogen-bond acceptors (Lipinski definition) is 3. The SMILES string of the molecule is O=C(NCCCN1CCCCCC1)c1ccc(OC(F)(F)F)cc1. The Morgan fingerprint density at radius 2 is 1.71 bits per heavy atom. The van der Waals surface area contributed by atoms with Crippen molar-refractivity contribution in [3.63, 3.8) is 0 Å². The largest absolute Gasteiger partial charge is 0.573 e. The molecule has 1 fully saturated rings. The molecule has 0 unspecified atom stereocenters. The Labute approximate surface area is 140 Å². The normalized spacial score (nSPS) is 16.5. The number of alkyl halides is 3. The molecular weight excluding hydrogens is 321 g/mol. The average molecular weight is 344 g/mol.